The minimum Gasteiger partial charge on any atom is -0.497 e. The largest absolute Gasteiger partial charge is 0.497 e. The van der Waals surface area contributed by atoms with Gasteiger partial charge in [0.05, 0.1) is 45.2 Å². The molecule has 0 aliphatic rings. The lowest BCUT2D eigenvalue weighted by molar-refractivity contribution is -0.138. The van der Waals surface area contributed by atoms with Crippen molar-refractivity contribution in [3.05, 3.63) is 49.9 Å². The minimum absolute atomic E-state index is 0.0345. The molecule has 146 valence electrons. The molecule has 0 aliphatic heterocycles. The summed E-state index contributed by atoms with van der Waals surface area (Å²) in [6.45, 7) is 2.74. The monoisotopic (exact) mass is 487 g/mol. The molecule has 0 bridgehead atoms. The molecular formula is C18H22IN3O5. The maximum absolute atomic E-state index is 12.6. The summed E-state index contributed by atoms with van der Waals surface area (Å²) in [4.78, 5) is 23.0. The zero-order valence-electron chi connectivity index (χ0n) is 15.1. The first-order chi connectivity index (χ1) is 12.9. The van der Waals surface area contributed by atoms with E-state index < -0.39 is 5.97 Å². The van der Waals surface area contributed by atoms with Gasteiger partial charge in [-0.15, -0.1) is 0 Å². The van der Waals surface area contributed by atoms with Crippen molar-refractivity contribution in [1.82, 2.24) is 9.78 Å². The van der Waals surface area contributed by atoms with Gasteiger partial charge in [-0.3, -0.25) is 9.59 Å². The molecule has 0 saturated carbocycles. The van der Waals surface area contributed by atoms with Crippen LogP contribution >= 0.6 is 22.6 Å². The van der Waals surface area contributed by atoms with Crippen molar-refractivity contribution in [3.8, 4) is 5.75 Å². The van der Waals surface area contributed by atoms with Crippen molar-refractivity contribution < 1.29 is 19.4 Å². The third-order valence-electron chi connectivity index (χ3n) is 3.71. The van der Waals surface area contributed by atoms with Crippen LogP contribution in [0.25, 0.3) is 0 Å². The van der Waals surface area contributed by atoms with Gasteiger partial charge in [0, 0.05) is 6.04 Å². The molecule has 1 aromatic carbocycles. The molecule has 1 atom stereocenters. The number of hydrogen-bond acceptors (Lipinski definition) is 6. The van der Waals surface area contributed by atoms with Crippen LogP contribution in [0.4, 0.5) is 5.69 Å². The van der Waals surface area contributed by atoms with E-state index in [0.717, 1.165) is 11.3 Å². The van der Waals surface area contributed by atoms with Crippen molar-refractivity contribution in [2.75, 3.05) is 25.6 Å². The summed E-state index contributed by atoms with van der Waals surface area (Å²) in [5.74, 6) is -0.137. The van der Waals surface area contributed by atoms with Crippen molar-refractivity contribution in [2.24, 2.45) is 0 Å². The van der Waals surface area contributed by atoms with E-state index in [1.807, 2.05) is 53.8 Å². The van der Waals surface area contributed by atoms with Crippen molar-refractivity contribution in [2.45, 2.75) is 25.9 Å². The fourth-order valence-corrected chi connectivity index (χ4v) is 2.88. The van der Waals surface area contributed by atoms with Crippen molar-refractivity contribution in [3.63, 3.8) is 0 Å². The summed E-state index contributed by atoms with van der Waals surface area (Å²) in [5, 5.41) is 16.0. The summed E-state index contributed by atoms with van der Waals surface area (Å²) in [7, 11) is 1.60. The number of carboxylic acid groups (broad SMARTS) is 1. The molecule has 0 radical (unpaired) electrons. The Bertz CT molecular complexity index is 823. The molecule has 0 amide bonds. The smallest absolute Gasteiger partial charge is 0.305 e. The number of benzene rings is 1. The maximum Gasteiger partial charge on any atom is 0.305 e. The first kappa shape index (κ1) is 21.2. The number of carbonyl (C=O) groups is 1. The molecule has 2 aromatic rings. The third-order valence-corrected chi connectivity index (χ3v) is 4.75. The summed E-state index contributed by atoms with van der Waals surface area (Å²) < 4.78 is 12.4. The van der Waals surface area contributed by atoms with Gasteiger partial charge in [-0.05, 0) is 47.2 Å². The molecule has 27 heavy (non-hydrogen) atoms. The van der Waals surface area contributed by atoms with Gasteiger partial charge in [0.25, 0.3) is 5.56 Å². The van der Waals surface area contributed by atoms with Gasteiger partial charge in [0.1, 0.15) is 9.32 Å². The SMILES string of the molecule is COc1ccc(Cn2ncc(N[C@H](C)COCCC(=O)O)c(I)c2=O)cc1. The van der Waals surface area contributed by atoms with Crippen LogP contribution in [-0.2, 0) is 16.1 Å². The van der Waals surface area contributed by atoms with Crippen LogP contribution in [0.5, 0.6) is 5.75 Å². The first-order valence-corrected chi connectivity index (χ1v) is 9.43. The van der Waals surface area contributed by atoms with Gasteiger partial charge in [0.15, 0.2) is 0 Å². The molecule has 2 rings (SSSR count). The predicted octanol–water partition coefficient (Wildman–Crippen LogP) is 2.20. The number of aromatic nitrogens is 2. The molecule has 0 aliphatic carbocycles. The molecular weight excluding hydrogens is 465 g/mol. The maximum atomic E-state index is 12.6. The highest BCUT2D eigenvalue weighted by molar-refractivity contribution is 14.1. The standard InChI is InChI=1S/C18H22IN3O5/c1-12(11-27-8-7-16(23)24)21-15-9-20-22(18(25)17(15)19)10-13-3-5-14(26-2)6-4-13/h3-6,9,12,21H,7-8,10-11H2,1-2H3,(H,23,24)/t12-/m1/s1. The predicted molar refractivity (Wildman–Crippen MR) is 109 cm³/mol. The van der Waals surface area contributed by atoms with Gasteiger partial charge < -0.3 is 19.9 Å². The second kappa shape index (κ2) is 10.3. The Morgan fingerprint density at radius 1 is 1.37 bits per heavy atom. The van der Waals surface area contributed by atoms with E-state index in [9.17, 15) is 9.59 Å². The molecule has 1 aromatic heterocycles. The second-order valence-corrected chi connectivity index (χ2v) is 7.03. The van der Waals surface area contributed by atoms with E-state index in [1.165, 1.54) is 4.68 Å². The van der Waals surface area contributed by atoms with Crippen LogP contribution < -0.4 is 15.6 Å². The Kier molecular flexibility index (Phi) is 8.04. The van der Waals surface area contributed by atoms with Gasteiger partial charge in [-0.25, -0.2) is 4.68 Å². The van der Waals surface area contributed by atoms with Gasteiger partial charge in [-0.1, -0.05) is 12.1 Å². The quantitative estimate of drug-likeness (QED) is 0.391. The van der Waals surface area contributed by atoms with E-state index in [2.05, 4.69) is 10.4 Å². The van der Waals surface area contributed by atoms with Crippen molar-refractivity contribution >= 4 is 34.2 Å². The van der Waals surface area contributed by atoms with Crippen molar-refractivity contribution in [1.29, 1.82) is 0 Å². The highest BCUT2D eigenvalue weighted by Crippen LogP contribution is 2.15. The summed E-state index contributed by atoms with van der Waals surface area (Å²) in [6.07, 6.45) is 1.58. The van der Waals surface area contributed by atoms with Crippen LogP contribution in [0.3, 0.4) is 0 Å². The fraction of sp³-hybridized carbons (Fsp3) is 0.389. The van der Waals surface area contributed by atoms with Crippen LogP contribution in [0.2, 0.25) is 0 Å². The molecule has 0 unspecified atom stereocenters. The second-order valence-electron chi connectivity index (χ2n) is 5.95. The number of methoxy groups -OCH3 is 1. The summed E-state index contributed by atoms with van der Waals surface area (Å²) in [6, 6.07) is 7.37. The van der Waals surface area contributed by atoms with Crippen LogP contribution in [0.15, 0.2) is 35.3 Å². The Hall–Kier alpha value is -2.14. The highest BCUT2D eigenvalue weighted by Gasteiger charge is 2.12. The third kappa shape index (κ3) is 6.51. The zero-order valence-corrected chi connectivity index (χ0v) is 17.3. The van der Waals surface area contributed by atoms with Crippen LogP contribution in [0.1, 0.15) is 18.9 Å². The fourth-order valence-electron chi connectivity index (χ4n) is 2.31. The summed E-state index contributed by atoms with van der Waals surface area (Å²) >= 11 is 2.00. The molecule has 2 N–H and O–H groups in total. The number of aliphatic carboxylic acids is 1. The highest BCUT2D eigenvalue weighted by atomic mass is 127. The lowest BCUT2D eigenvalue weighted by Gasteiger charge is -2.16. The molecule has 9 heteroatoms. The lowest BCUT2D eigenvalue weighted by atomic mass is 10.2. The first-order valence-electron chi connectivity index (χ1n) is 8.35. The van der Waals surface area contributed by atoms with E-state index >= 15 is 0 Å². The molecule has 1 heterocycles. The topological polar surface area (TPSA) is 103 Å². The van der Waals surface area contributed by atoms with Gasteiger partial charge in [-0.2, -0.15) is 5.10 Å². The van der Waals surface area contributed by atoms with Gasteiger partial charge >= 0.3 is 5.97 Å². The van der Waals surface area contributed by atoms with E-state index in [-0.39, 0.29) is 24.6 Å². The average Bonchev–Trinajstić information content (AvgIpc) is 2.65. The van der Waals surface area contributed by atoms with E-state index in [1.54, 1.807) is 13.3 Å². The number of anilines is 1. The molecule has 0 fully saturated rings. The Morgan fingerprint density at radius 3 is 2.70 bits per heavy atom. The molecule has 0 saturated heterocycles. The van der Waals surface area contributed by atoms with E-state index in [4.69, 9.17) is 14.6 Å². The molecule has 0 spiro atoms. The lowest BCUT2D eigenvalue weighted by Crippen LogP contribution is -2.29. The Morgan fingerprint density at radius 2 is 2.07 bits per heavy atom. The molecule has 8 nitrogen and oxygen atoms in total. The average molecular weight is 487 g/mol. The number of rotatable bonds is 10. The van der Waals surface area contributed by atoms with Gasteiger partial charge in [0.2, 0.25) is 0 Å². The Labute approximate surface area is 170 Å². The number of nitrogens with zero attached hydrogens (tertiary/aromatic N) is 2. The summed E-state index contributed by atoms with van der Waals surface area (Å²) in [5.41, 5.74) is 1.39. The minimum atomic E-state index is -0.894. The van der Waals surface area contributed by atoms with Crippen LogP contribution in [-0.4, -0.2) is 47.2 Å². The number of hydrogen-bond donors (Lipinski definition) is 2. The normalized spacial score (nSPS) is 11.8. The van der Waals surface area contributed by atoms with E-state index in [0.29, 0.717) is 22.4 Å². The number of carboxylic acids is 1. The number of halogens is 1. The zero-order chi connectivity index (χ0) is 19.8. The Balaban J connectivity index is 1.98. The van der Waals surface area contributed by atoms with Crippen LogP contribution in [0, 0.1) is 3.57 Å². The number of ether oxygens (including phenoxy) is 2. The number of nitrogens with one attached hydrogen (secondary N) is 1.